The highest BCUT2D eigenvalue weighted by Crippen LogP contribution is 2.25. The first-order valence-electron chi connectivity index (χ1n) is 4.92. The Morgan fingerprint density at radius 3 is 2.47 bits per heavy atom. The van der Waals surface area contributed by atoms with E-state index in [0.29, 0.717) is 0 Å². The molecule has 0 saturated carbocycles. The van der Waals surface area contributed by atoms with Crippen LogP contribution in [0.4, 0.5) is 5.69 Å². The summed E-state index contributed by atoms with van der Waals surface area (Å²) in [5, 5.41) is 12.6. The maximum atomic E-state index is 11.0. The molecule has 0 aliphatic carbocycles. The highest BCUT2D eigenvalue weighted by atomic mass is 16.3. The van der Waals surface area contributed by atoms with Gasteiger partial charge in [-0.25, -0.2) is 0 Å². The van der Waals surface area contributed by atoms with Gasteiger partial charge in [0.05, 0.1) is 5.60 Å². The summed E-state index contributed by atoms with van der Waals surface area (Å²) in [5.74, 6) is -0.106. The lowest BCUT2D eigenvalue weighted by Crippen LogP contribution is -2.16. The first kappa shape index (κ1) is 11.7. The normalized spacial score (nSPS) is 11.3. The molecule has 3 heteroatoms. The van der Waals surface area contributed by atoms with Gasteiger partial charge in [-0.2, -0.15) is 0 Å². The quantitative estimate of drug-likeness (QED) is 0.781. The number of anilines is 1. The van der Waals surface area contributed by atoms with Crippen molar-refractivity contribution >= 4 is 11.6 Å². The van der Waals surface area contributed by atoms with E-state index in [1.165, 1.54) is 6.92 Å². The Labute approximate surface area is 90.1 Å². The van der Waals surface area contributed by atoms with Crippen molar-refractivity contribution in [2.24, 2.45) is 0 Å². The van der Waals surface area contributed by atoms with E-state index in [4.69, 9.17) is 0 Å². The Balaban J connectivity index is 3.11. The molecule has 1 rings (SSSR count). The van der Waals surface area contributed by atoms with Crippen molar-refractivity contribution in [2.45, 2.75) is 33.3 Å². The Morgan fingerprint density at radius 2 is 2.00 bits per heavy atom. The average molecular weight is 207 g/mol. The second-order valence-corrected chi connectivity index (χ2v) is 4.27. The van der Waals surface area contributed by atoms with Crippen LogP contribution in [0, 0.1) is 6.92 Å². The summed E-state index contributed by atoms with van der Waals surface area (Å²) < 4.78 is 0. The van der Waals surface area contributed by atoms with E-state index >= 15 is 0 Å². The van der Waals surface area contributed by atoms with Crippen LogP contribution in [0.2, 0.25) is 0 Å². The molecular weight excluding hydrogens is 190 g/mol. The van der Waals surface area contributed by atoms with E-state index in [1.807, 2.05) is 19.1 Å². The van der Waals surface area contributed by atoms with Crippen molar-refractivity contribution in [3.8, 4) is 0 Å². The summed E-state index contributed by atoms with van der Waals surface area (Å²) >= 11 is 0. The van der Waals surface area contributed by atoms with Gasteiger partial charge >= 0.3 is 0 Å². The minimum Gasteiger partial charge on any atom is -0.386 e. The van der Waals surface area contributed by atoms with Crippen molar-refractivity contribution in [3.05, 3.63) is 29.3 Å². The van der Waals surface area contributed by atoms with Crippen molar-refractivity contribution in [3.63, 3.8) is 0 Å². The SMILES string of the molecule is CC(=O)Nc1cc(C(C)(C)O)ccc1C. The summed E-state index contributed by atoms with van der Waals surface area (Å²) in [7, 11) is 0. The highest BCUT2D eigenvalue weighted by Gasteiger charge is 2.16. The molecule has 0 aromatic heterocycles. The van der Waals surface area contributed by atoms with Gasteiger partial charge in [0.2, 0.25) is 5.91 Å². The Hall–Kier alpha value is -1.35. The van der Waals surface area contributed by atoms with Gasteiger partial charge in [0, 0.05) is 12.6 Å². The molecule has 15 heavy (non-hydrogen) atoms. The lowest BCUT2D eigenvalue weighted by atomic mass is 9.96. The third-order valence-corrected chi connectivity index (χ3v) is 2.25. The molecule has 82 valence electrons. The van der Waals surface area contributed by atoms with Gasteiger partial charge in [-0.05, 0) is 38.0 Å². The average Bonchev–Trinajstić information content (AvgIpc) is 2.06. The molecule has 0 saturated heterocycles. The minimum absolute atomic E-state index is 0.106. The summed E-state index contributed by atoms with van der Waals surface area (Å²) in [6.07, 6.45) is 0. The van der Waals surface area contributed by atoms with Crippen LogP contribution in [0.3, 0.4) is 0 Å². The molecule has 0 unspecified atom stereocenters. The first-order valence-corrected chi connectivity index (χ1v) is 4.92. The Morgan fingerprint density at radius 1 is 1.40 bits per heavy atom. The molecule has 0 atom stereocenters. The zero-order chi connectivity index (χ0) is 11.6. The summed E-state index contributed by atoms with van der Waals surface area (Å²) in [5.41, 5.74) is 1.64. The Kier molecular flexibility index (Phi) is 3.15. The van der Waals surface area contributed by atoms with Gasteiger partial charge in [0.25, 0.3) is 0 Å². The van der Waals surface area contributed by atoms with E-state index in [1.54, 1.807) is 19.9 Å². The van der Waals surface area contributed by atoms with Crippen LogP contribution in [0.1, 0.15) is 31.9 Å². The van der Waals surface area contributed by atoms with Crippen LogP contribution in [0.5, 0.6) is 0 Å². The fourth-order valence-corrected chi connectivity index (χ4v) is 1.33. The lowest BCUT2D eigenvalue weighted by Gasteiger charge is -2.19. The molecular formula is C12H17NO2. The number of carbonyl (C=O) groups is 1. The number of aryl methyl sites for hydroxylation is 1. The molecule has 0 spiro atoms. The third-order valence-electron chi connectivity index (χ3n) is 2.25. The van der Waals surface area contributed by atoms with Crippen LogP contribution in [-0.2, 0) is 10.4 Å². The van der Waals surface area contributed by atoms with Gasteiger partial charge in [-0.3, -0.25) is 4.79 Å². The number of rotatable bonds is 2. The van der Waals surface area contributed by atoms with Crippen LogP contribution in [0.25, 0.3) is 0 Å². The Bertz CT molecular complexity index is 378. The molecule has 1 aromatic carbocycles. The second kappa shape index (κ2) is 4.03. The fourth-order valence-electron chi connectivity index (χ4n) is 1.33. The number of amides is 1. The van der Waals surface area contributed by atoms with Gasteiger partial charge in [-0.15, -0.1) is 0 Å². The number of carbonyl (C=O) groups excluding carboxylic acids is 1. The van der Waals surface area contributed by atoms with Crippen molar-refractivity contribution < 1.29 is 9.90 Å². The largest absolute Gasteiger partial charge is 0.386 e. The molecule has 0 heterocycles. The molecule has 0 aliphatic heterocycles. The van der Waals surface area contributed by atoms with E-state index in [-0.39, 0.29) is 5.91 Å². The van der Waals surface area contributed by atoms with Crippen LogP contribution >= 0.6 is 0 Å². The summed E-state index contributed by atoms with van der Waals surface area (Å²) in [4.78, 5) is 11.0. The molecule has 1 aromatic rings. The van der Waals surface area contributed by atoms with Gasteiger partial charge in [-0.1, -0.05) is 12.1 Å². The van der Waals surface area contributed by atoms with Gasteiger partial charge in [0.15, 0.2) is 0 Å². The zero-order valence-electron chi connectivity index (χ0n) is 9.59. The zero-order valence-corrected chi connectivity index (χ0v) is 9.59. The lowest BCUT2D eigenvalue weighted by molar-refractivity contribution is -0.114. The first-order chi connectivity index (χ1) is 6.80. The topological polar surface area (TPSA) is 49.3 Å². The van der Waals surface area contributed by atoms with Crippen LogP contribution in [0.15, 0.2) is 18.2 Å². The van der Waals surface area contributed by atoms with E-state index in [9.17, 15) is 9.90 Å². The molecule has 0 radical (unpaired) electrons. The molecule has 0 fully saturated rings. The molecule has 3 nitrogen and oxygen atoms in total. The molecule has 0 aliphatic rings. The van der Waals surface area contributed by atoms with Crippen LogP contribution < -0.4 is 5.32 Å². The van der Waals surface area contributed by atoms with Crippen molar-refractivity contribution in [1.29, 1.82) is 0 Å². The number of benzene rings is 1. The smallest absolute Gasteiger partial charge is 0.221 e. The summed E-state index contributed by atoms with van der Waals surface area (Å²) in [6.45, 7) is 6.82. The number of hydrogen-bond acceptors (Lipinski definition) is 2. The van der Waals surface area contributed by atoms with Crippen LogP contribution in [-0.4, -0.2) is 11.0 Å². The van der Waals surface area contributed by atoms with E-state index in [0.717, 1.165) is 16.8 Å². The van der Waals surface area contributed by atoms with Gasteiger partial charge in [0.1, 0.15) is 0 Å². The van der Waals surface area contributed by atoms with E-state index in [2.05, 4.69) is 5.32 Å². The maximum Gasteiger partial charge on any atom is 0.221 e. The molecule has 1 amide bonds. The standard InChI is InChI=1S/C12H17NO2/c1-8-5-6-10(12(3,4)15)7-11(8)13-9(2)14/h5-7,15H,1-4H3,(H,13,14). The third kappa shape index (κ3) is 3.06. The molecule has 2 N–H and O–H groups in total. The highest BCUT2D eigenvalue weighted by molar-refractivity contribution is 5.89. The molecule has 0 bridgehead atoms. The van der Waals surface area contributed by atoms with Crippen molar-refractivity contribution in [2.75, 3.05) is 5.32 Å². The fraction of sp³-hybridized carbons (Fsp3) is 0.417. The van der Waals surface area contributed by atoms with Gasteiger partial charge < -0.3 is 10.4 Å². The monoisotopic (exact) mass is 207 g/mol. The van der Waals surface area contributed by atoms with Crippen molar-refractivity contribution in [1.82, 2.24) is 0 Å². The number of nitrogens with one attached hydrogen (secondary N) is 1. The number of aliphatic hydroxyl groups is 1. The predicted octanol–water partition coefficient (Wildman–Crippen LogP) is 2.18. The van der Waals surface area contributed by atoms with E-state index < -0.39 is 5.60 Å². The number of hydrogen-bond donors (Lipinski definition) is 2. The second-order valence-electron chi connectivity index (χ2n) is 4.27. The summed E-state index contributed by atoms with van der Waals surface area (Å²) in [6, 6.07) is 5.55. The maximum absolute atomic E-state index is 11.0. The predicted molar refractivity (Wildman–Crippen MR) is 60.7 cm³/mol. The minimum atomic E-state index is -0.888.